The van der Waals surface area contributed by atoms with E-state index in [0.717, 1.165) is 22.3 Å². The first-order valence-electron chi connectivity index (χ1n) is 12.3. The summed E-state index contributed by atoms with van der Waals surface area (Å²) in [5, 5.41) is 11.1. The number of rotatable bonds is 17. The quantitative estimate of drug-likeness (QED) is 0.295. The normalized spacial score (nSPS) is 12.0. The molecule has 1 aliphatic carbocycles. The van der Waals surface area contributed by atoms with Crippen LogP contribution in [0.25, 0.3) is 11.1 Å². The van der Waals surface area contributed by atoms with Crippen LogP contribution in [0.15, 0.2) is 48.5 Å². The fourth-order valence-corrected chi connectivity index (χ4v) is 4.15. The van der Waals surface area contributed by atoms with Gasteiger partial charge in [-0.2, -0.15) is 0 Å². The predicted molar refractivity (Wildman–Crippen MR) is 137 cm³/mol. The number of benzene rings is 2. The van der Waals surface area contributed by atoms with Gasteiger partial charge in [-0.15, -0.1) is 0 Å². The highest BCUT2D eigenvalue weighted by Gasteiger charge is 2.35. The van der Waals surface area contributed by atoms with Crippen LogP contribution in [0.4, 0.5) is 4.79 Å². The van der Waals surface area contributed by atoms with Crippen molar-refractivity contribution in [3.8, 4) is 11.1 Å². The monoisotopic (exact) mass is 530 g/mol. The van der Waals surface area contributed by atoms with Gasteiger partial charge in [0.25, 0.3) is 0 Å². The van der Waals surface area contributed by atoms with Crippen LogP contribution in [-0.4, -0.2) is 101 Å². The van der Waals surface area contributed by atoms with Gasteiger partial charge in [0.1, 0.15) is 13.2 Å². The number of carbonyl (C=O) groups excluding carboxylic acids is 2. The van der Waals surface area contributed by atoms with Crippen molar-refractivity contribution in [3.05, 3.63) is 59.7 Å². The summed E-state index contributed by atoms with van der Waals surface area (Å²) in [6.45, 7) is 1.58. The Labute approximate surface area is 221 Å². The summed E-state index contributed by atoms with van der Waals surface area (Å²) in [4.78, 5) is 36.5. The Morgan fingerprint density at radius 2 is 1.34 bits per heavy atom. The molecule has 2 aromatic rings. The average Bonchev–Trinajstić information content (AvgIpc) is 3.25. The van der Waals surface area contributed by atoms with Gasteiger partial charge in [-0.05, 0) is 22.3 Å². The zero-order valence-electron chi connectivity index (χ0n) is 21.4. The van der Waals surface area contributed by atoms with Crippen molar-refractivity contribution in [3.63, 3.8) is 0 Å². The van der Waals surface area contributed by atoms with Gasteiger partial charge in [0.05, 0.1) is 52.8 Å². The van der Waals surface area contributed by atoms with Crippen LogP contribution in [0.2, 0.25) is 0 Å². The van der Waals surface area contributed by atoms with Crippen molar-refractivity contribution in [2.24, 2.45) is 0 Å². The maximum absolute atomic E-state index is 12.7. The van der Waals surface area contributed by atoms with Crippen LogP contribution in [-0.2, 0) is 33.3 Å². The van der Waals surface area contributed by atoms with E-state index in [0.29, 0.717) is 13.1 Å². The highest BCUT2D eigenvalue weighted by Crippen LogP contribution is 2.46. The summed E-state index contributed by atoms with van der Waals surface area (Å²) < 4.78 is 26.1. The lowest BCUT2D eigenvalue weighted by molar-refractivity contribution is -0.142. The number of nitrogens with one attached hydrogen (secondary N) is 1. The van der Waals surface area contributed by atoms with Crippen LogP contribution < -0.4 is 5.32 Å². The Morgan fingerprint density at radius 3 is 1.95 bits per heavy atom. The van der Waals surface area contributed by atoms with Gasteiger partial charge in [0, 0.05) is 13.1 Å². The molecule has 0 saturated carbocycles. The molecule has 0 saturated heterocycles. The number of aliphatic carboxylic acids is 1. The first-order valence-corrected chi connectivity index (χ1v) is 12.3. The molecule has 2 aromatic carbocycles. The van der Waals surface area contributed by atoms with Gasteiger partial charge in [-0.25, -0.2) is 9.59 Å². The van der Waals surface area contributed by atoms with Crippen molar-refractivity contribution in [2.75, 3.05) is 73.1 Å². The minimum Gasteiger partial charge on any atom is -0.480 e. The van der Waals surface area contributed by atoms with Crippen molar-refractivity contribution < 1.29 is 43.2 Å². The fraction of sp³-hybridized carbons (Fsp3) is 0.444. The van der Waals surface area contributed by atoms with E-state index in [1.54, 1.807) is 4.90 Å². The molecule has 0 spiro atoms. The molecule has 0 aliphatic heterocycles. The molecule has 0 heterocycles. The van der Waals surface area contributed by atoms with E-state index < -0.39 is 12.1 Å². The summed E-state index contributed by atoms with van der Waals surface area (Å²) in [6.07, 6.45) is -0.435. The predicted octanol–water partition coefficient (Wildman–Crippen LogP) is 2.09. The van der Waals surface area contributed by atoms with Gasteiger partial charge < -0.3 is 34.1 Å². The van der Waals surface area contributed by atoms with E-state index in [1.165, 1.54) is 7.11 Å². The molecule has 3 rings (SSSR count). The van der Waals surface area contributed by atoms with Gasteiger partial charge in [-0.1, -0.05) is 48.5 Å². The Morgan fingerprint density at radius 1 is 0.789 bits per heavy atom. The third-order valence-electron chi connectivity index (χ3n) is 5.77. The lowest BCUT2D eigenvalue weighted by atomic mass is 10.0. The van der Waals surface area contributed by atoms with E-state index in [9.17, 15) is 14.4 Å². The lowest BCUT2D eigenvalue weighted by Crippen LogP contribution is -2.37. The molecule has 11 nitrogen and oxygen atoms in total. The second kappa shape index (κ2) is 15.7. The summed E-state index contributed by atoms with van der Waals surface area (Å²) >= 11 is 0. The van der Waals surface area contributed by atoms with Gasteiger partial charge in [0.15, 0.2) is 0 Å². The second-order valence-electron chi connectivity index (χ2n) is 8.31. The molecule has 0 unspecified atom stereocenters. The van der Waals surface area contributed by atoms with Crippen LogP contribution in [0.3, 0.4) is 0 Å². The number of hydrogen-bond donors (Lipinski definition) is 2. The van der Waals surface area contributed by atoms with Crippen LogP contribution in [0.1, 0.15) is 17.2 Å². The fourth-order valence-electron chi connectivity index (χ4n) is 4.15. The highest BCUT2D eigenvalue weighted by molar-refractivity contribution is 5.81. The third-order valence-corrected chi connectivity index (χ3v) is 5.77. The number of nitrogens with zero attached hydrogens (tertiary/aromatic N) is 1. The summed E-state index contributed by atoms with van der Waals surface area (Å²) in [5.74, 6) is -1.32. The molecule has 0 bridgehead atoms. The number of carboxylic acids is 1. The van der Waals surface area contributed by atoms with Crippen molar-refractivity contribution in [1.82, 2.24) is 10.2 Å². The number of fused-ring (bicyclic) bond motifs is 3. The molecule has 2 amide bonds. The smallest absolute Gasteiger partial charge is 0.410 e. The number of carboxylic acid groups (broad SMARTS) is 1. The van der Waals surface area contributed by atoms with E-state index in [2.05, 4.69) is 17.4 Å². The first kappa shape index (κ1) is 29.1. The average molecular weight is 531 g/mol. The van der Waals surface area contributed by atoms with Crippen LogP contribution in [0, 0.1) is 0 Å². The van der Waals surface area contributed by atoms with Crippen molar-refractivity contribution in [2.45, 2.75) is 6.04 Å². The maximum atomic E-state index is 12.7. The Hall–Kier alpha value is -3.51. The maximum Gasteiger partial charge on any atom is 0.410 e. The van der Waals surface area contributed by atoms with Crippen molar-refractivity contribution in [1.29, 1.82) is 0 Å². The summed E-state index contributed by atoms with van der Waals surface area (Å²) in [7, 11) is 1.37. The minimum absolute atomic E-state index is 0.116. The third kappa shape index (κ3) is 8.52. The van der Waals surface area contributed by atoms with E-state index in [1.807, 2.05) is 36.4 Å². The van der Waals surface area contributed by atoms with Crippen LogP contribution in [0.5, 0.6) is 0 Å². The van der Waals surface area contributed by atoms with Crippen molar-refractivity contribution >= 4 is 18.0 Å². The topological polar surface area (TPSA) is 133 Å². The number of amides is 2. The number of hydrogen-bond acceptors (Lipinski definition) is 8. The molecule has 1 aliphatic rings. The molecular formula is C27H34N2O9. The largest absolute Gasteiger partial charge is 0.480 e. The van der Waals surface area contributed by atoms with Gasteiger partial charge in [0.2, 0.25) is 5.91 Å². The Bertz CT molecular complexity index is 1020. The second-order valence-corrected chi connectivity index (χ2v) is 8.31. The van der Waals surface area contributed by atoms with E-state index in [-0.39, 0.29) is 64.8 Å². The van der Waals surface area contributed by atoms with E-state index >= 15 is 0 Å². The molecule has 0 fully saturated rings. The van der Waals surface area contributed by atoms with Gasteiger partial charge >= 0.3 is 12.1 Å². The summed E-state index contributed by atoms with van der Waals surface area (Å²) in [6, 6.07) is 15.8. The zero-order chi connectivity index (χ0) is 27.2. The minimum atomic E-state index is -1.03. The molecule has 0 atom stereocenters. The molecule has 38 heavy (non-hydrogen) atoms. The zero-order valence-corrected chi connectivity index (χ0v) is 21.4. The highest BCUT2D eigenvalue weighted by atomic mass is 16.5. The molecule has 0 radical (unpaired) electrons. The van der Waals surface area contributed by atoms with E-state index in [4.69, 9.17) is 28.8 Å². The molecular weight excluding hydrogens is 496 g/mol. The molecule has 206 valence electrons. The summed E-state index contributed by atoms with van der Waals surface area (Å²) in [5.41, 5.74) is 4.30. The Kier molecular flexibility index (Phi) is 12.0. The number of methoxy groups -OCH3 is 1. The first-order chi connectivity index (χ1) is 18.5. The molecule has 11 heteroatoms. The standard InChI is InChI=1S/C27H34N2O9/c1-34-27(33)29(26-22-8-4-2-6-20(22)21-7-3-5-9-23(21)26)11-13-36-15-16-37-18-24(30)28-10-12-35-14-17-38-19-25(31)32/h2-9,26H,10-19H2,1H3,(H,28,30)(H,31,32). The molecule has 0 aromatic heterocycles. The molecule has 2 N–H and O–H groups in total. The van der Waals surface area contributed by atoms with Crippen LogP contribution >= 0.6 is 0 Å². The Balaban J connectivity index is 1.32. The van der Waals surface area contributed by atoms with Gasteiger partial charge in [-0.3, -0.25) is 9.69 Å². The number of ether oxygens (including phenoxy) is 5. The number of carbonyl (C=O) groups is 3. The SMILES string of the molecule is COC(=O)N(CCOCCOCC(=O)NCCOCCOCC(=O)O)C1c2ccccc2-c2ccccc21. The lowest BCUT2D eigenvalue weighted by Gasteiger charge is -2.29.